The maximum absolute atomic E-state index is 6.43. The fraction of sp³-hybridized carbons (Fsp3) is 0.429. The summed E-state index contributed by atoms with van der Waals surface area (Å²) < 4.78 is 0. The Bertz CT molecular complexity index is 744. The molecule has 2 heteroatoms. The zero-order valence-electron chi connectivity index (χ0n) is 14.8. The molecule has 122 valence electrons. The molecule has 0 unspecified atom stereocenters. The molecule has 0 bridgehead atoms. The van der Waals surface area contributed by atoms with Crippen LogP contribution in [-0.4, -0.2) is 0 Å². The van der Waals surface area contributed by atoms with Gasteiger partial charge in [-0.05, 0) is 65.5 Å². The van der Waals surface area contributed by atoms with Crippen LogP contribution in [-0.2, 0) is 10.8 Å². The molecule has 1 aliphatic carbocycles. The highest BCUT2D eigenvalue weighted by Gasteiger charge is 2.36. The van der Waals surface area contributed by atoms with Crippen LogP contribution in [0.1, 0.15) is 57.2 Å². The fourth-order valence-corrected chi connectivity index (χ4v) is 3.74. The standard InChI is InChI=1S/C21H26ClN/c1-14-7-6-8-18(19(14)22)23-15-9-10-16-17(13-15)21(4,5)12-11-20(16,2)3/h6-10,13,23H,11-12H2,1-5H3. The lowest BCUT2D eigenvalue weighted by atomic mass is 9.63. The highest BCUT2D eigenvalue weighted by Crippen LogP contribution is 2.46. The van der Waals surface area contributed by atoms with Gasteiger partial charge in [-0.3, -0.25) is 0 Å². The van der Waals surface area contributed by atoms with Crippen LogP contribution in [0.4, 0.5) is 11.4 Å². The number of benzene rings is 2. The first kappa shape index (κ1) is 16.4. The molecule has 23 heavy (non-hydrogen) atoms. The highest BCUT2D eigenvalue weighted by atomic mass is 35.5. The molecule has 0 radical (unpaired) electrons. The SMILES string of the molecule is Cc1cccc(Nc2ccc3c(c2)C(C)(C)CCC3(C)C)c1Cl. The van der Waals surface area contributed by atoms with E-state index in [1.165, 1.54) is 24.0 Å². The molecular weight excluding hydrogens is 302 g/mol. The Kier molecular flexibility index (Phi) is 3.96. The highest BCUT2D eigenvalue weighted by molar-refractivity contribution is 6.34. The summed E-state index contributed by atoms with van der Waals surface area (Å²) >= 11 is 6.43. The number of nitrogens with one attached hydrogen (secondary N) is 1. The van der Waals surface area contributed by atoms with Crippen LogP contribution in [0, 0.1) is 6.92 Å². The Balaban J connectivity index is 2.02. The van der Waals surface area contributed by atoms with Crippen LogP contribution in [0.2, 0.25) is 5.02 Å². The monoisotopic (exact) mass is 327 g/mol. The summed E-state index contributed by atoms with van der Waals surface area (Å²) in [7, 11) is 0. The van der Waals surface area contributed by atoms with Gasteiger partial charge in [-0.15, -0.1) is 0 Å². The number of fused-ring (bicyclic) bond motifs is 1. The quantitative estimate of drug-likeness (QED) is 0.644. The van der Waals surface area contributed by atoms with Crippen molar-refractivity contribution in [2.45, 2.75) is 58.3 Å². The Morgan fingerprint density at radius 1 is 0.913 bits per heavy atom. The number of rotatable bonds is 2. The lowest BCUT2D eigenvalue weighted by Gasteiger charge is -2.42. The van der Waals surface area contributed by atoms with Crippen molar-refractivity contribution in [3.8, 4) is 0 Å². The Labute approximate surface area is 145 Å². The molecule has 0 aromatic heterocycles. The van der Waals surface area contributed by atoms with Gasteiger partial charge in [0.1, 0.15) is 0 Å². The Morgan fingerprint density at radius 2 is 1.57 bits per heavy atom. The molecule has 2 aromatic rings. The van der Waals surface area contributed by atoms with E-state index in [1.54, 1.807) is 0 Å². The molecular formula is C21H26ClN. The molecule has 3 rings (SSSR count). The topological polar surface area (TPSA) is 12.0 Å². The third kappa shape index (κ3) is 2.99. The molecule has 0 amide bonds. The maximum atomic E-state index is 6.43. The predicted molar refractivity (Wildman–Crippen MR) is 101 cm³/mol. The van der Waals surface area contributed by atoms with Gasteiger partial charge in [-0.2, -0.15) is 0 Å². The van der Waals surface area contributed by atoms with Gasteiger partial charge in [0.2, 0.25) is 0 Å². The van der Waals surface area contributed by atoms with Crippen molar-refractivity contribution in [1.29, 1.82) is 0 Å². The van der Waals surface area contributed by atoms with Crippen LogP contribution in [0.25, 0.3) is 0 Å². The smallest absolute Gasteiger partial charge is 0.0670 e. The molecule has 2 aromatic carbocycles. The van der Waals surface area contributed by atoms with E-state index in [0.717, 1.165) is 22.0 Å². The van der Waals surface area contributed by atoms with Gasteiger partial charge in [0.05, 0.1) is 10.7 Å². The van der Waals surface area contributed by atoms with Crippen LogP contribution in [0.3, 0.4) is 0 Å². The van der Waals surface area contributed by atoms with Gasteiger partial charge in [-0.25, -0.2) is 0 Å². The van der Waals surface area contributed by atoms with E-state index in [1.807, 2.05) is 25.1 Å². The molecule has 0 saturated carbocycles. The number of anilines is 2. The third-order valence-corrected chi connectivity index (χ3v) is 5.83. The number of aryl methyl sites for hydroxylation is 1. The average molecular weight is 328 g/mol. The number of halogens is 1. The summed E-state index contributed by atoms with van der Waals surface area (Å²) in [6.07, 6.45) is 2.46. The minimum atomic E-state index is 0.221. The van der Waals surface area contributed by atoms with Gasteiger partial charge in [0, 0.05) is 5.69 Å². The molecule has 1 N–H and O–H groups in total. The van der Waals surface area contributed by atoms with Gasteiger partial charge in [0.25, 0.3) is 0 Å². The minimum absolute atomic E-state index is 0.221. The third-order valence-electron chi connectivity index (χ3n) is 5.32. The van der Waals surface area contributed by atoms with Crippen molar-refractivity contribution >= 4 is 23.0 Å². The van der Waals surface area contributed by atoms with E-state index in [2.05, 4.69) is 51.2 Å². The van der Waals surface area contributed by atoms with Crippen LogP contribution >= 0.6 is 11.6 Å². The first-order chi connectivity index (χ1) is 10.7. The zero-order valence-corrected chi connectivity index (χ0v) is 15.5. The van der Waals surface area contributed by atoms with Gasteiger partial charge in [0.15, 0.2) is 0 Å². The number of hydrogen-bond donors (Lipinski definition) is 1. The van der Waals surface area contributed by atoms with Gasteiger partial charge in [-0.1, -0.05) is 57.5 Å². The second kappa shape index (κ2) is 5.56. The molecule has 0 aliphatic heterocycles. The minimum Gasteiger partial charge on any atom is -0.354 e. The van der Waals surface area contributed by atoms with E-state index >= 15 is 0 Å². The molecule has 0 atom stereocenters. The average Bonchev–Trinajstić information content (AvgIpc) is 2.49. The summed E-state index contributed by atoms with van der Waals surface area (Å²) in [6, 6.07) is 12.9. The molecule has 0 spiro atoms. The van der Waals surface area contributed by atoms with E-state index in [0.29, 0.717) is 0 Å². The largest absolute Gasteiger partial charge is 0.354 e. The zero-order chi connectivity index (χ0) is 16.8. The van der Waals surface area contributed by atoms with Crippen LogP contribution in [0.5, 0.6) is 0 Å². The van der Waals surface area contributed by atoms with Crippen molar-refractivity contribution in [3.05, 3.63) is 58.1 Å². The first-order valence-electron chi connectivity index (χ1n) is 8.38. The normalized spacial score (nSPS) is 18.3. The summed E-state index contributed by atoms with van der Waals surface area (Å²) in [5.41, 5.74) is 6.60. The Morgan fingerprint density at radius 3 is 2.26 bits per heavy atom. The molecule has 0 heterocycles. The van der Waals surface area contributed by atoms with Crippen molar-refractivity contribution in [2.24, 2.45) is 0 Å². The summed E-state index contributed by atoms with van der Waals surface area (Å²) in [4.78, 5) is 0. The Hall–Kier alpha value is -1.47. The molecule has 1 aliphatic rings. The van der Waals surface area contributed by atoms with Crippen LogP contribution in [0.15, 0.2) is 36.4 Å². The second-order valence-corrected chi connectivity index (χ2v) is 8.47. The van der Waals surface area contributed by atoms with Crippen molar-refractivity contribution in [3.63, 3.8) is 0 Å². The lowest BCUT2D eigenvalue weighted by molar-refractivity contribution is 0.332. The van der Waals surface area contributed by atoms with Crippen molar-refractivity contribution in [2.75, 3.05) is 5.32 Å². The molecule has 0 saturated heterocycles. The summed E-state index contributed by atoms with van der Waals surface area (Å²) in [5, 5.41) is 4.29. The first-order valence-corrected chi connectivity index (χ1v) is 8.76. The lowest BCUT2D eigenvalue weighted by Crippen LogP contribution is -2.33. The predicted octanol–water partition coefficient (Wildman–Crippen LogP) is 6.74. The van der Waals surface area contributed by atoms with E-state index in [9.17, 15) is 0 Å². The fourth-order valence-electron chi connectivity index (χ4n) is 3.57. The summed E-state index contributed by atoms with van der Waals surface area (Å²) in [6.45, 7) is 11.4. The second-order valence-electron chi connectivity index (χ2n) is 8.09. The van der Waals surface area contributed by atoms with Gasteiger partial charge >= 0.3 is 0 Å². The van der Waals surface area contributed by atoms with E-state index < -0.39 is 0 Å². The molecule has 0 fully saturated rings. The van der Waals surface area contributed by atoms with E-state index in [4.69, 9.17) is 11.6 Å². The van der Waals surface area contributed by atoms with Gasteiger partial charge < -0.3 is 5.32 Å². The summed E-state index contributed by atoms with van der Waals surface area (Å²) in [5.74, 6) is 0. The van der Waals surface area contributed by atoms with Crippen molar-refractivity contribution < 1.29 is 0 Å². The van der Waals surface area contributed by atoms with Crippen LogP contribution < -0.4 is 5.32 Å². The number of hydrogen-bond acceptors (Lipinski definition) is 1. The van der Waals surface area contributed by atoms with Crippen molar-refractivity contribution in [1.82, 2.24) is 0 Å². The maximum Gasteiger partial charge on any atom is 0.0670 e. The van der Waals surface area contributed by atoms with E-state index in [-0.39, 0.29) is 10.8 Å². The molecule has 1 nitrogen and oxygen atoms in total.